The second kappa shape index (κ2) is 9.19. The highest BCUT2D eigenvalue weighted by molar-refractivity contribution is 5.79. The zero-order valence-electron chi connectivity index (χ0n) is 20.6. The lowest BCUT2D eigenvalue weighted by Crippen LogP contribution is -2.08. The SMILES string of the molecule is CCn1cc(C(F)(F)F)nc1-c1ccc(Cc2nn(-c3c(OC)ncnc3C3CC3)c3cncnc23)cc1. The lowest BCUT2D eigenvalue weighted by atomic mass is 10.1. The number of aryl methyl sites for hydroxylation is 1. The maximum Gasteiger partial charge on any atom is 0.434 e. The number of fused-ring (bicyclic) bond motifs is 1. The van der Waals surface area contributed by atoms with Crippen molar-refractivity contribution in [2.24, 2.45) is 0 Å². The minimum Gasteiger partial charge on any atom is -0.479 e. The molecular weight excluding hydrogens is 497 g/mol. The van der Waals surface area contributed by atoms with E-state index in [1.165, 1.54) is 17.2 Å². The summed E-state index contributed by atoms with van der Waals surface area (Å²) in [5.41, 5.74) is 4.30. The summed E-state index contributed by atoms with van der Waals surface area (Å²) in [5.74, 6) is 1.03. The molecule has 5 aromatic rings. The van der Waals surface area contributed by atoms with Crippen LogP contribution in [0.25, 0.3) is 28.1 Å². The molecule has 0 aliphatic heterocycles. The van der Waals surface area contributed by atoms with Gasteiger partial charge in [-0.05, 0) is 25.3 Å². The van der Waals surface area contributed by atoms with E-state index < -0.39 is 11.9 Å². The molecule has 38 heavy (non-hydrogen) atoms. The molecule has 0 spiro atoms. The van der Waals surface area contributed by atoms with E-state index in [0.29, 0.717) is 47.0 Å². The monoisotopic (exact) mass is 520 g/mol. The summed E-state index contributed by atoms with van der Waals surface area (Å²) >= 11 is 0. The number of methoxy groups -OCH3 is 1. The molecule has 1 fully saturated rings. The summed E-state index contributed by atoms with van der Waals surface area (Å²) in [6, 6.07) is 7.28. The molecule has 0 amide bonds. The lowest BCUT2D eigenvalue weighted by molar-refractivity contribution is -0.140. The molecule has 0 radical (unpaired) electrons. The van der Waals surface area contributed by atoms with Crippen LogP contribution >= 0.6 is 0 Å². The van der Waals surface area contributed by atoms with Gasteiger partial charge in [0.05, 0.1) is 24.7 Å². The van der Waals surface area contributed by atoms with Crippen LogP contribution in [0, 0.1) is 0 Å². The third kappa shape index (κ3) is 4.25. The third-order valence-electron chi connectivity index (χ3n) is 6.59. The van der Waals surface area contributed by atoms with Crippen LogP contribution in [0.2, 0.25) is 0 Å². The Morgan fingerprint density at radius 2 is 1.84 bits per heavy atom. The first kappa shape index (κ1) is 24.0. The fraction of sp³-hybridized carbons (Fsp3) is 0.308. The predicted octanol–water partition coefficient (Wildman–Crippen LogP) is 4.98. The number of aromatic nitrogens is 8. The number of benzene rings is 1. The van der Waals surface area contributed by atoms with Gasteiger partial charge in [0.2, 0.25) is 5.88 Å². The number of hydrogen-bond donors (Lipinski definition) is 0. The molecule has 0 N–H and O–H groups in total. The van der Waals surface area contributed by atoms with Gasteiger partial charge in [-0.1, -0.05) is 24.3 Å². The molecule has 0 bridgehead atoms. The van der Waals surface area contributed by atoms with Crippen molar-refractivity contribution in [1.29, 1.82) is 0 Å². The number of nitrogens with zero attached hydrogens (tertiary/aromatic N) is 8. The van der Waals surface area contributed by atoms with E-state index in [2.05, 4.69) is 24.9 Å². The van der Waals surface area contributed by atoms with E-state index in [1.807, 2.05) is 12.1 Å². The summed E-state index contributed by atoms with van der Waals surface area (Å²) in [5, 5.41) is 4.89. The van der Waals surface area contributed by atoms with E-state index >= 15 is 0 Å². The van der Waals surface area contributed by atoms with Gasteiger partial charge in [0, 0.05) is 30.6 Å². The van der Waals surface area contributed by atoms with Crippen LogP contribution in [0.4, 0.5) is 13.2 Å². The first-order chi connectivity index (χ1) is 18.4. The van der Waals surface area contributed by atoms with Gasteiger partial charge in [-0.25, -0.2) is 24.6 Å². The standard InChI is InChI=1S/C26H23F3N8O/c1-3-36-12-20(26(27,28)29)34-24(36)17-6-4-15(5-7-17)10-18-22-19(11-30-13-31-22)37(35-18)23-21(16-8-9-16)32-14-33-25(23)38-2/h4-7,11-14,16H,3,8-10H2,1-2H3. The van der Waals surface area contributed by atoms with Gasteiger partial charge in [-0.3, -0.25) is 0 Å². The van der Waals surface area contributed by atoms with E-state index in [1.54, 1.807) is 37.0 Å². The summed E-state index contributed by atoms with van der Waals surface area (Å²) < 4.78 is 48.4. The molecule has 6 rings (SSSR count). The van der Waals surface area contributed by atoms with Gasteiger partial charge >= 0.3 is 6.18 Å². The summed E-state index contributed by atoms with van der Waals surface area (Å²) in [6.07, 6.45) is 3.76. The number of alkyl halides is 3. The van der Waals surface area contributed by atoms with Crippen LogP contribution in [0.3, 0.4) is 0 Å². The minimum atomic E-state index is -4.50. The normalized spacial score (nSPS) is 13.8. The Morgan fingerprint density at radius 3 is 2.53 bits per heavy atom. The van der Waals surface area contributed by atoms with Gasteiger partial charge in [0.15, 0.2) is 5.69 Å². The van der Waals surface area contributed by atoms with Crippen LogP contribution in [0.5, 0.6) is 5.88 Å². The third-order valence-corrected chi connectivity index (χ3v) is 6.59. The maximum absolute atomic E-state index is 13.2. The molecule has 1 aliphatic carbocycles. The van der Waals surface area contributed by atoms with Crippen LogP contribution < -0.4 is 4.74 Å². The second-order valence-electron chi connectivity index (χ2n) is 9.11. The Bertz CT molecular complexity index is 1620. The maximum atomic E-state index is 13.2. The van der Waals surface area contributed by atoms with Crippen LogP contribution in [-0.4, -0.2) is 46.4 Å². The summed E-state index contributed by atoms with van der Waals surface area (Å²) in [6.45, 7) is 2.16. The quantitative estimate of drug-likeness (QED) is 0.298. The van der Waals surface area contributed by atoms with Gasteiger partial charge in [0.1, 0.15) is 35.2 Å². The smallest absolute Gasteiger partial charge is 0.434 e. The van der Waals surface area contributed by atoms with Crippen molar-refractivity contribution in [2.75, 3.05) is 7.11 Å². The number of ether oxygens (including phenoxy) is 1. The largest absolute Gasteiger partial charge is 0.479 e. The Balaban J connectivity index is 1.37. The highest BCUT2D eigenvalue weighted by Crippen LogP contribution is 2.43. The van der Waals surface area contributed by atoms with Crippen molar-refractivity contribution in [3.8, 4) is 23.0 Å². The van der Waals surface area contributed by atoms with E-state index in [-0.39, 0.29) is 5.82 Å². The molecule has 4 aromatic heterocycles. The molecule has 9 nitrogen and oxygen atoms in total. The number of hydrogen-bond acceptors (Lipinski definition) is 7. The fourth-order valence-electron chi connectivity index (χ4n) is 4.58. The predicted molar refractivity (Wildman–Crippen MR) is 132 cm³/mol. The highest BCUT2D eigenvalue weighted by atomic mass is 19.4. The van der Waals surface area contributed by atoms with Crippen molar-refractivity contribution in [3.63, 3.8) is 0 Å². The average Bonchev–Trinajstić information content (AvgIpc) is 3.57. The van der Waals surface area contributed by atoms with Crippen molar-refractivity contribution < 1.29 is 17.9 Å². The lowest BCUT2D eigenvalue weighted by Gasteiger charge is -2.12. The number of imidazole rings is 1. The first-order valence-corrected chi connectivity index (χ1v) is 12.2. The van der Waals surface area contributed by atoms with Gasteiger partial charge in [-0.15, -0.1) is 0 Å². The molecule has 12 heteroatoms. The molecule has 1 saturated carbocycles. The van der Waals surface area contributed by atoms with Crippen molar-refractivity contribution in [2.45, 2.75) is 44.8 Å². The molecule has 0 unspecified atom stereocenters. The van der Waals surface area contributed by atoms with Crippen molar-refractivity contribution in [3.05, 3.63) is 72.0 Å². The minimum absolute atomic E-state index is 0.276. The summed E-state index contributed by atoms with van der Waals surface area (Å²) in [4.78, 5) is 21.4. The fourth-order valence-corrected chi connectivity index (χ4v) is 4.58. The first-order valence-electron chi connectivity index (χ1n) is 12.2. The number of rotatable bonds is 7. The number of halogens is 3. The Morgan fingerprint density at radius 1 is 1.05 bits per heavy atom. The van der Waals surface area contributed by atoms with E-state index in [0.717, 1.165) is 36.0 Å². The van der Waals surface area contributed by atoms with Crippen LogP contribution in [-0.2, 0) is 19.1 Å². The Hall–Kier alpha value is -4.35. The van der Waals surface area contributed by atoms with Crippen LogP contribution in [0.15, 0.2) is 49.3 Å². The molecule has 4 heterocycles. The summed E-state index contributed by atoms with van der Waals surface area (Å²) in [7, 11) is 1.56. The topological polar surface area (TPSA) is 96.4 Å². The average molecular weight is 521 g/mol. The van der Waals surface area contributed by atoms with Crippen molar-refractivity contribution >= 4 is 11.0 Å². The highest BCUT2D eigenvalue weighted by Gasteiger charge is 2.35. The zero-order chi connectivity index (χ0) is 26.4. The van der Waals surface area contributed by atoms with Gasteiger partial charge in [0.25, 0.3) is 0 Å². The van der Waals surface area contributed by atoms with Gasteiger partial charge in [-0.2, -0.15) is 23.3 Å². The molecular formula is C26H23F3N8O. The Labute approximate surface area is 215 Å². The zero-order valence-corrected chi connectivity index (χ0v) is 20.6. The molecule has 0 atom stereocenters. The molecule has 1 aliphatic rings. The van der Waals surface area contributed by atoms with Crippen LogP contribution in [0.1, 0.15) is 48.3 Å². The second-order valence-corrected chi connectivity index (χ2v) is 9.11. The molecule has 1 aromatic carbocycles. The van der Waals surface area contributed by atoms with Crippen molar-refractivity contribution in [1.82, 2.24) is 39.3 Å². The van der Waals surface area contributed by atoms with E-state index in [9.17, 15) is 13.2 Å². The molecule has 194 valence electrons. The van der Waals surface area contributed by atoms with Gasteiger partial charge < -0.3 is 9.30 Å². The van der Waals surface area contributed by atoms with E-state index in [4.69, 9.17) is 9.84 Å². The Kier molecular flexibility index (Phi) is 5.81. The molecule has 0 saturated heterocycles.